The summed E-state index contributed by atoms with van der Waals surface area (Å²) < 4.78 is 7.74. The second-order valence-corrected chi connectivity index (χ2v) is 21.2. The summed E-state index contributed by atoms with van der Waals surface area (Å²) in [4.78, 5) is 2.56. The molecule has 0 bridgehead atoms. The molecule has 0 N–H and O–H groups in total. The highest BCUT2D eigenvalue weighted by molar-refractivity contribution is 7.26. The molecule has 2 aliphatic rings. The monoisotopic (exact) mass is 936 g/mol. The summed E-state index contributed by atoms with van der Waals surface area (Å²) in [5.41, 5.74) is 19.4. The number of benzene rings is 11. The second kappa shape index (κ2) is 14.7. The maximum Gasteiger partial charge on any atom is 0.0726 e. The summed E-state index contributed by atoms with van der Waals surface area (Å²) in [7, 11) is 0. The van der Waals surface area contributed by atoms with Crippen LogP contribution in [-0.2, 0) is 5.41 Å². The van der Waals surface area contributed by atoms with E-state index in [1.165, 1.54) is 118 Å². The largest absolute Gasteiger partial charge is 0.310 e. The van der Waals surface area contributed by atoms with Crippen molar-refractivity contribution in [3.8, 4) is 39.1 Å². The van der Waals surface area contributed by atoms with Crippen LogP contribution in [0.25, 0.3) is 101 Å². The molecule has 330 valence electrons. The maximum absolute atomic E-state index is 2.56. The van der Waals surface area contributed by atoms with Crippen LogP contribution in [0.4, 0.5) is 17.1 Å². The van der Waals surface area contributed by atoms with E-state index in [1.807, 2.05) is 22.7 Å². The van der Waals surface area contributed by atoms with E-state index in [-0.39, 0.29) is 0 Å². The van der Waals surface area contributed by atoms with Gasteiger partial charge in [0.25, 0.3) is 0 Å². The number of aromatic nitrogens is 1. The first-order valence-electron chi connectivity index (χ1n) is 24.4. The van der Waals surface area contributed by atoms with Gasteiger partial charge in [-0.25, -0.2) is 0 Å². The molecule has 1 spiro atoms. The van der Waals surface area contributed by atoms with E-state index >= 15 is 0 Å². The van der Waals surface area contributed by atoms with Gasteiger partial charge in [0.05, 0.1) is 26.8 Å². The minimum Gasteiger partial charge on any atom is -0.310 e. The van der Waals surface area contributed by atoms with Crippen LogP contribution in [0, 0.1) is 0 Å². The average Bonchev–Trinajstić information content (AvgIpc) is 4.24. The minimum absolute atomic E-state index is 0.466. The lowest BCUT2D eigenvalue weighted by Gasteiger charge is -2.32. The van der Waals surface area contributed by atoms with Crippen molar-refractivity contribution < 1.29 is 0 Å². The number of hydrogen-bond acceptors (Lipinski definition) is 3. The third kappa shape index (κ3) is 5.35. The van der Waals surface area contributed by atoms with Crippen LogP contribution < -0.4 is 4.90 Å². The molecular formula is C67H40N2S2. The highest BCUT2D eigenvalue weighted by Gasteiger charge is 2.52. The fourth-order valence-corrected chi connectivity index (χ4v) is 15.1. The normalized spacial score (nSPS) is 13.2. The van der Waals surface area contributed by atoms with Crippen molar-refractivity contribution in [2.24, 2.45) is 0 Å². The van der Waals surface area contributed by atoms with Gasteiger partial charge in [-0.15, -0.1) is 22.7 Å². The van der Waals surface area contributed by atoms with Crippen molar-refractivity contribution >= 4 is 102 Å². The van der Waals surface area contributed by atoms with Crippen molar-refractivity contribution in [3.63, 3.8) is 0 Å². The third-order valence-electron chi connectivity index (χ3n) is 15.6. The molecule has 0 radical (unpaired) electrons. The summed E-state index contributed by atoms with van der Waals surface area (Å²) in [6.45, 7) is 0. The number of anilines is 3. The Morgan fingerprint density at radius 3 is 1.68 bits per heavy atom. The van der Waals surface area contributed by atoms with Crippen LogP contribution in [0.1, 0.15) is 22.3 Å². The van der Waals surface area contributed by atoms with E-state index in [1.54, 1.807) is 0 Å². The van der Waals surface area contributed by atoms with Crippen molar-refractivity contribution in [2.45, 2.75) is 5.41 Å². The van der Waals surface area contributed by atoms with Gasteiger partial charge in [-0.05, 0) is 105 Å². The Bertz CT molecular complexity index is 4500. The zero-order valence-electron chi connectivity index (χ0n) is 38.3. The van der Waals surface area contributed by atoms with Crippen LogP contribution in [0.3, 0.4) is 0 Å². The first kappa shape index (κ1) is 39.3. The number of hydrogen-bond donors (Lipinski definition) is 0. The molecule has 0 atom stereocenters. The molecule has 0 aliphatic heterocycles. The Morgan fingerprint density at radius 2 is 0.901 bits per heavy atom. The van der Waals surface area contributed by atoms with Crippen molar-refractivity contribution in [2.75, 3.05) is 4.90 Å². The molecule has 0 amide bonds. The summed E-state index contributed by atoms with van der Waals surface area (Å²) in [6, 6.07) is 91.1. The van der Waals surface area contributed by atoms with E-state index in [0.29, 0.717) is 0 Å². The van der Waals surface area contributed by atoms with Gasteiger partial charge >= 0.3 is 0 Å². The summed E-state index contributed by atoms with van der Waals surface area (Å²) in [5, 5.41) is 7.67. The first-order valence-corrected chi connectivity index (χ1v) is 26.0. The molecule has 16 rings (SSSR count). The molecule has 2 aliphatic carbocycles. The fraction of sp³-hybridized carbons (Fsp3) is 0.0149. The molecule has 2 nitrogen and oxygen atoms in total. The fourth-order valence-electron chi connectivity index (χ4n) is 12.7. The predicted molar refractivity (Wildman–Crippen MR) is 303 cm³/mol. The maximum atomic E-state index is 2.56. The third-order valence-corrected chi connectivity index (χ3v) is 17.9. The predicted octanol–water partition coefficient (Wildman–Crippen LogP) is 19.0. The van der Waals surface area contributed by atoms with Gasteiger partial charge in [0.2, 0.25) is 0 Å². The topological polar surface area (TPSA) is 8.17 Å². The van der Waals surface area contributed by atoms with E-state index in [0.717, 1.165) is 22.7 Å². The summed E-state index contributed by atoms with van der Waals surface area (Å²) in [6.07, 6.45) is 0. The molecule has 0 saturated carbocycles. The summed E-state index contributed by atoms with van der Waals surface area (Å²) in [5.74, 6) is 0. The van der Waals surface area contributed by atoms with Crippen molar-refractivity contribution in [3.05, 3.63) is 265 Å². The van der Waals surface area contributed by atoms with Gasteiger partial charge in [0.15, 0.2) is 0 Å². The minimum atomic E-state index is -0.466. The van der Waals surface area contributed by atoms with Crippen LogP contribution >= 0.6 is 22.7 Å². The standard InChI is InChI=1S/C67H40N2S2/c1-2-16-41(17-3-1)42-18-14-19-43(38-42)69-60-39-44(32-34-48(60)52-36-37-53-50-23-8-13-31-62(50)71-66(53)65(52)69)68(45-33-35-51-49-22-7-12-30-61(49)70-63(51)40-45)59-29-15-28-58-64(59)54-24-6-11-27-57(54)67(58)55-25-9-4-20-46(55)47-21-5-10-26-56(47)67/h1-40H. The first-order chi connectivity index (χ1) is 35.2. The van der Waals surface area contributed by atoms with Gasteiger partial charge in [-0.1, -0.05) is 188 Å². The average molecular weight is 937 g/mol. The van der Waals surface area contributed by atoms with E-state index < -0.39 is 5.41 Å². The Labute approximate surface area is 418 Å². The molecule has 14 aromatic rings. The zero-order valence-corrected chi connectivity index (χ0v) is 39.9. The van der Waals surface area contributed by atoms with Crippen LogP contribution in [0.2, 0.25) is 0 Å². The van der Waals surface area contributed by atoms with E-state index in [9.17, 15) is 0 Å². The highest BCUT2D eigenvalue weighted by Crippen LogP contribution is 2.65. The number of fused-ring (bicyclic) bond motifs is 20. The van der Waals surface area contributed by atoms with Gasteiger partial charge in [0, 0.05) is 69.0 Å². The highest BCUT2D eigenvalue weighted by atomic mass is 32.1. The Kier molecular flexibility index (Phi) is 8.16. The molecule has 4 heteroatoms. The van der Waals surface area contributed by atoms with Gasteiger partial charge in [0.1, 0.15) is 0 Å². The van der Waals surface area contributed by atoms with Crippen molar-refractivity contribution in [1.29, 1.82) is 0 Å². The molecular weight excluding hydrogens is 897 g/mol. The van der Waals surface area contributed by atoms with Crippen LogP contribution in [0.5, 0.6) is 0 Å². The second-order valence-electron chi connectivity index (χ2n) is 19.1. The van der Waals surface area contributed by atoms with Crippen molar-refractivity contribution in [1.82, 2.24) is 4.57 Å². The lowest BCUT2D eigenvalue weighted by molar-refractivity contribution is 0.794. The Balaban J connectivity index is 1.01. The molecule has 0 unspecified atom stereocenters. The Hall–Kier alpha value is -8.54. The number of nitrogens with zero attached hydrogens (tertiary/aromatic N) is 2. The number of rotatable bonds is 5. The molecule has 0 fully saturated rings. The zero-order chi connectivity index (χ0) is 46.4. The van der Waals surface area contributed by atoms with Crippen LogP contribution in [-0.4, -0.2) is 4.57 Å². The SMILES string of the molecule is c1ccc(-c2cccc(-n3c4cc(N(c5ccc6c(c5)sc5ccccc56)c5cccc6c5-c5ccccc5C65c6ccccc6-c6ccccc65)ccc4c4ccc5c6ccccc6sc5c43)c2)cc1. The smallest absolute Gasteiger partial charge is 0.0726 e. The van der Waals surface area contributed by atoms with E-state index in [2.05, 4.69) is 252 Å². The Morgan fingerprint density at radius 1 is 0.352 bits per heavy atom. The molecule has 0 saturated heterocycles. The van der Waals surface area contributed by atoms with Gasteiger partial charge in [-0.3, -0.25) is 0 Å². The van der Waals surface area contributed by atoms with E-state index in [4.69, 9.17) is 0 Å². The molecule has 71 heavy (non-hydrogen) atoms. The lowest BCUT2D eigenvalue weighted by Crippen LogP contribution is -2.26. The lowest BCUT2D eigenvalue weighted by atomic mass is 9.70. The molecule has 3 aromatic heterocycles. The molecule has 11 aromatic carbocycles. The van der Waals surface area contributed by atoms with Crippen LogP contribution in [0.15, 0.2) is 243 Å². The van der Waals surface area contributed by atoms with Gasteiger partial charge < -0.3 is 9.47 Å². The number of thiophene rings is 2. The molecule has 3 heterocycles. The summed E-state index contributed by atoms with van der Waals surface area (Å²) >= 11 is 3.77. The quantitative estimate of drug-likeness (QED) is 0.167. The van der Waals surface area contributed by atoms with Gasteiger partial charge in [-0.2, -0.15) is 0 Å².